The van der Waals surface area contributed by atoms with Gasteiger partial charge >= 0.3 is 17.9 Å². The summed E-state index contributed by atoms with van der Waals surface area (Å²) in [7, 11) is 0. The van der Waals surface area contributed by atoms with Crippen LogP contribution in [0.1, 0.15) is 38.3 Å². The number of carbonyl (C=O) groups excluding carboxylic acids is 1. The molecule has 0 spiro atoms. The number of aromatic carboxylic acids is 2. The molecule has 0 aliphatic carbocycles. The summed E-state index contributed by atoms with van der Waals surface area (Å²) < 4.78 is 5.52. The van der Waals surface area contributed by atoms with Crippen LogP contribution in [0.4, 0.5) is 0 Å². The number of nitrogens with zero attached hydrogens (tertiary/aromatic N) is 1. The van der Waals surface area contributed by atoms with E-state index in [4.69, 9.17) is 4.74 Å². The third kappa shape index (κ3) is 3.34. The number of pyridine rings is 1. The molecule has 0 unspecified atom stereocenters. The fraction of sp³-hybridized carbons (Fsp3) is 0.125. The summed E-state index contributed by atoms with van der Waals surface area (Å²) in [5.74, 6) is -4.94. The molecule has 130 valence electrons. The van der Waals surface area contributed by atoms with E-state index in [-0.39, 0.29) is 17.9 Å². The van der Waals surface area contributed by atoms with Crippen LogP contribution in [-0.4, -0.2) is 44.4 Å². The Labute approximate surface area is 140 Å². The van der Waals surface area contributed by atoms with Crippen LogP contribution in [0.15, 0.2) is 35.1 Å². The van der Waals surface area contributed by atoms with Crippen LogP contribution in [-0.2, 0) is 4.74 Å². The van der Waals surface area contributed by atoms with Gasteiger partial charge in [-0.25, -0.2) is 14.4 Å². The Kier molecular flexibility index (Phi) is 4.87. The molecule has 1 aromatic carbocycles. The molecule has 0 atom stereocenters. The number of carboxylic acids is 2. The van der Waals surface area contributed by atoms with Gasteiger partial charge in [0.15, 0.2) is 11.4 Å². The number of hydrogen-bond acceptors (Lipinski definition) is 6. The van der Waals surface area contributed by atoms with Crippen molar-refractivity contribution in [2.45, 2.75) is 6.92 Å². The third-order valence-corrected chi connectivity index (χ3v) is 3.25. The van der Waals surface area contributed by atoms with Gasteiger partial charge in [-0.15, -0.1) is 0 Å². The smallest absolute Gasteiger partial charge is 0.356 e. The third-order valence-electron chi connectivity index (χ3n) is 3.25. The number of benzene rings is 1. The van der Waals surface area contributed by atoms with Crippen molar-refractivity contribution < 1.29 is 34.4 Å². The van der Waals surface area contributed by atoms with Crippen molar-refractivity contribution in [3.05, 3.63) is 57.5 Å². The lowest BCUT2D eigenvalue weighted by Gasteiger charge is -2.15. The monoisotopic (exact) mass is 347 g/mol. The predicted octanol–water partition coefficient (Wildman–Crippen LogP) is 1.12. The van der Waals surface area contributed by atoms with Crippen LogP contribution in [0.5, 0.6) is 5.75 Å². The van der Waals surface area contributed by atoms with Crippen molar-refractivity contribution in [1.29, 1.82) is 0 Å². The van der Waals surface area contributed by atoms with Crippen molar-refractivity contribution in [2.75, 3.05) is 6.61 Å². The summed E-state index contributed by atoms with van der Waals surface area (Å²) in [4.78, 5) is 46.1. The lowest BCUT2D eigenvalue weighted by atomic mass is 10.1. The van der Waals surface area contributed by atoms with Crippen molar-refractivity contribution >= 4 is 17.9 Å². The van der Waals surface area contributed by atoms with Crippen molar-refractivity contribution in [1.82, 2.24) is 4.57 Å². The summed E-state index contributed by atoms with van der Waals surface area (Å²) in [6, 6.07) is 5.77. The molecule has 0 amide bonds. The van der Waals surface area contributed by atoms with Crippen LogP contribution in [0.2, 0.25) is 0 Å². The van der Waals surface area contributed by atoms with Crippen LogP contribution in [0.25, 0.3) is 5.69 Å². The van der Waals surface area contributed by atoms with Crippen molar-refractivity contribution in [2.24, 2.45) is 0 Å². The Balaban J connectivity index is 2.71. The lowest BCUT2D eigenvalue weighted by Crippen LogP contribution is -2.22. The Hall–Kier alpha value is -3.62. The van der Waals surface area contributed by atoms with E-state index in [9.17, 15) is 34.5 Å². The second-order valence-corrected chi connectivity index (χ2v) is 4.80. The molecule has 2 rings (SSSR count). The Bertz CT molecular complexity index is 911. The first kappa shape index (κ1) is 17.7. The molecule has 0 bridgehead atoms. The number of carbonyl (C=O) groups is 3. The average molecular weight is 347 g/mol. The van der Waals surface area contributed by atoms with E-state index in [0.717, 1.165) is 0 Å². The number of ether oxygens (including phenoxy) is 1. The molecule has 25 heavy (non-hydrogen) atoms. The molecule has 0 aliphatic heterocycles. The maximum absolute atomic E-state index is 11.6. The van der Waals surface area contributed by atoms with Gasteiger partial charge in [0.05, 0.1) is 12.2 Å². The zero-order valence-electron chi connectivity index (χ0n) is 12.9. The summed E-state index contributed by atoms with van der Waals surface area (Å²) >= 11 is 0. The highest BCUT2D eigenvalue weighted by Gasteiger charge is 2.25. The summed E-state index contributed by atoms with van der Waals surface area (Å²) in [6.45, 7) is 1.80. The van der Waals surface area contributed by atoms with E-state index in [1.54, 1.807) is 6.92 Å². The van der Waals surface area contributed by atoms with E-state index in [1.807, 2.05) is 0 Å². The molecule has 0 saturated carbocycles. The number of rotatable bonds is 5. The van der Waals surface area contributed by atoms with Crippen molar-refractivity contribution in [3.8, 4) is 11.4 Å². The second-order valence-electron chi connectivity index (χ2n) is 4.80. The first-order chi connectivity index (χ1) is 11.8. The van der Waals surface area contributed by atoms with Crippen LogP contribution in [0.3, 0.4) is 0 Å². The van der Waals surface area contributed by atoms with E-state index < -0.39 is 40.5 Å². The highest BCUT2D eigenvalue weighted by atomic mass is 16.5. The van der Waals surface area contributed by atoms with Gasteiger partial charge in [0, 0.05) is 11.8 Å². The zero-order valence-corrected chi connectivity index (χ0v) is 12.9. The van der Waals surface area contributed by atoms with E-state index in [2.05, 4.69) is 0 Å². The minimum atomic E-state index is -1.69. The molecule has 0 saturated heterocycles. The standard InChI is InChI=1S/C16H13NO8/c1-2-25-16(24)8-3-5-9(6-4-8)17-10(14(20)21)7-11(18)13(19)12(17)15(22)23/h3-7,19H,2H2,1H3,(H,20,21)(H,22,23). The minimum absolute atomic E-state index is 0.0261. The maximum Gasteiger partial charge on any atom is 0.356 e. The predicted molar refractivity (Wildman–Crippen MR) is 83.6 cm³/mol. The first-order valence-electron chi connectivity index (χ1n) is 7.01. The molecule has 3 N–H and O–H groups in total. The Morgan fingerprint density at radius 2 is 1.68 bits per heavy atom. The van der Waals surface area contributed by atoms with E-state index in [1.165, 1.54) is 24.3 Å². The number of esters is 1. The normalized spacial score (nSPS) is 10.3. The summed E-state index contributed by atoms with van der Waals surface area (Å²) in [5, 5.41) is 28.3. The minimum Gasteiger partial charge on any atom is -0.502 e. The van der Waals surface area contributed by atoms with Gasteiger partial charge in [-0.3, -0.25) is 9.36 Å². The molecule has 9 heteroatoms. The SMILES string of the molecule is CCOC(=O)c1ccc(-n2c(C(=O)O)cc(=O)c(O)c2C(=O)O)cc1. The van der Waals surface area contributed by atoms with Gasteiger partial charge in [0.1, 0.15) is 5.69 Å². The van der Waals surface area contributed by atoms with Crippen LogP contribution >= 0.6 is 0 Å². The number of hydrogen-bond donors (Lipinski definition) is 3. The first-order valence-corrected chi connectivity index (χ1v) is 7.01. The lowest BCUT2D eigenvalue weighted by molar-refractivity contribution is 0.0524. The van der Waals surface area contributed by atoms with E-state index >= 15 is 0 Å². The molecule has 1 heterocycles. The fourth-order valence-electron chi connectivity index (χ4n) is 2.18. The number of aromatic nitrogens is 1. The van der Waals surface area contributed by atoms with Gasteiger partial charge in [0.2, 0.25) is 5.43 Å². The van der Waals surface area contributed by atoms with Gasteiger partial charge in [-0.1, -0.05) is 0 Å². The van der Waals surface area contributed by atoms with Gasteiger partial charge in [0.25, 0.3) is 0 Å². The molecule has 1 aromatic heterocycles. The van der Waals surface area contributed by atoms with Gasteiger partial charge in [-0.05, 0) is 31.2 Å². The number of aromatic hydroxyl groups is 1. The largest absolute Gasteiger partial charge is 0.502 e. The second kappa shape index (κ2) is 6.87. The van der Waals surface area contributed by atoms with Crippen molar-refractivity contribution in [3.63, 3.8) is 0 Å². The Morgan fingerprint density at radius 1 is 1.08 bits per heavy atom. The Morgan fingerprint density at radius 3 is 2.16 bits per heavy atom. The highest BCUT2D eigenvalue weighted by Crippen LogP contribution is 2.21. The fourth-order valence-corrected chi connectivity index (χ4v) is 2.18. The van der Waals surface area contributed by atoms with Crippen LogP contribution < -0.4 is 5.43 Å². The summed E-state index contributed by atoms with van der Waals surface area (Å²) in [5.41, 5.74) is -2.48. The molecule has 0 aliphatic rings. The summed E-state index contributed by atoms with van der Waals surface area (Å²) in [6.07, 6.45) is 0. The number of carboxylic acid groups (broad SMARTS) is 2. The van der Waals surface area contributed by atoms with Gasteiger partial charge < -0.3 is 20.1 Å². The molecular formula is C16H13NO8. The maximum atomic E-state index is 11.6. The molecular weight excluding hydrogens is 334 g/mol. The molecule has 0 fully saturated rings. The molecule has 9 nitrogen and oxygen atoms in total. The highest BCUT2D eigenvalue weighted by molar-refractivity contribution is 5.94. The zero-order chi connectivity index (χ0) is 18.7. The molecule has 0 radical (unpaired) electrons. The topological polar surface area (TPSA) is 143 Å². The van der Waals surface area contributed by atoms with E-state index in [0.29, 0.717) is 10.6 Å². The van der Waals surface area contributed by atoms with Crippen LogP contribution in [0, 0.1) is 0 Å². The van der Waals surface area contributed by atoms with Gasteiger partial charge in [-0.2, -0.15) is 0 Å². The average Bonchev–Trinajstić information content (AvgIpc) is 2.56. The molecule has 2 aromatic rings. The quantitative estimate of drug-likeness (QED) is 0.683.